The summed E-state index contributed by atoms with van der Waals surface area (Å²) in [4.78, 5) is 19.1. The average Bonchev–Trinajstić information content (AvgIpc) is 3.73. The van der Waals surface area contributed by atoms with Gasteiger partial charge >= 0.3 is 0 Å². The number of rotatable bonds is 3. The molecule has 40 heavy (non-hydrogen) atoms. The molecule has 8 bridgehead atoms. The molecule has 0 amide bonds. The molecule has 5 aliphatic heterocycles. The Bertz CT molecular complexity index is 1970. The van der Waals surface area contributed by atoms with E-state index < -0.39 is 10.1 Å². The van der Waals surface area contributed by atoms with E-state index in [0.717, 1.165) is 62.2 Å². The quantitative estimate of drug-likeness (QED) is 0.492. The second-order valence-corrected chi connectivity index (χ2v) is 10.9. The van der Waals surface area contributed by atoms with E-state index in [4.69, 9.17) is 15.0 Å². The van der Waals surface area contributed by atoms with Crippen LogP contribution in [-0.2, 0) is 10.1 Å². The fraction of sp³-hybridized carbons (Fsp3) is 0. The number of benzene rings is 2. The van der Waals surface area contributed by atoms with Gasteiger partial charge in [-0.25, -0.2) is 20.0 Å². The summed E-state index contributed by atoms with van der Waals surface area (Å²) in [6.07, 6.45) is 19.4. The lowest BCUT2D eigenvalue weighted by Gasteiger charge is -2.11. The molecule has 8 heteroatoms. The molecule has 0 spiro atoms. The van der Waals surface area contributed by atoms with Gasteiger partial charge < -0.3 is 0 Å². The van der Waals surface area contributed by atoms with Gasteiger partial charge in [0.1, 0.15) is 0 Å². The highest BCUT2D eigenvalue weighted by Gasteiger charge is 2.27. The van der Waals surface area contributed by atoms with Crippen molar-refractivity contribution in [2.24, 2.45) is 20.0 Å². The standard InChI is InChI=1S/C32H20N4O3S/c37-40(38,39)28-14-6-21(7-15-28)32-30-19-27-13-11-25(35-27)17-23-9-8-22(33-23)16-24-10-12-26(34-24)18-29(36-30)31(32)20-4-2-1-3-5-20/h1-19H,(H,37,38,39). The summed E-state index contributed by atoms with van der Waals surface area (Å²) < 4.78 is 33.0. The van der Waals surface area contributed by atoms with Gasteiger partial charge in [0, 0.05) is 11.1 Å². The summed E-state index contributed by atoms with van der Waals surface area (Å²) in [7, 11) is -4.33. The Balaban J connectivity index is 1.47. The highest BCUT2D eigenvalue weighted by atomic mass is 32.2. The summed E-state index contributed by atoms with van der Waals surface area (Å²) in [6.45, 7) is 0. The van der Waals surface area contributed by atoms with E-state index in [1.165, 1.54) is 12.1 Å². The maximum absolute atomic E-state index is 11.7. The molecule has 0 atom stereocenters. The molecule has 5 heterocycles. The van der Waals surface area contributed by atoms with E-state index in [1.54, 1.807) is 12.1 Å². The Kier molecular flexibility index (Phi) is 5.59. The summed E-state index contributed by atoms with van der Waals surface area (Å²) >= 11 is 0. The van der Waals surface area contributed by atoms with Gasteiger partial charge in [-0.3, -0.25) is 4.55 Å². The highest BCUT2D eigenvalue weighted by molar-refractivity contribution is 7.85. The molecule has 0 saturated heterocycles. The third-order valence-corrected chi connectivity index (χ3v) is 7.58. The molecule has 0 aromatic heterocycles. The lowest BCUT2D eigenvalue weighted by Crippen LogP contribution is -2.00. The van der Waals surface area contributed by atoms with E-state index in [1.807, 2.05) is 91.1 Å². The molecular weight excluding hydrogens is 520 g/mol. The zero-order chi connectivity index (χ0) is 27.3. The van der Waals surface area contributed by atoms with E-state index in [-0.39, 0.29) is 4.90 Å². The van der Waals surface area contributed by atoms with E-state index in [2.05, 4.69) is 4.99 Å². The molecule has 192 valence electrons. The van der Waals surface area contributed by atoms with Gasteiger partial charge in [0.2, 0.25) is 0 Å². The Labute approximate surface area is 230 Å². The summed E-state index contributed by atoms with van der Waals surface area (Å²) in [6, 6.07) is 16.1. The molecule has 2 aromatic carbocycles. The van der Waals surface area contributed by atoms with Crippen LogP contribution >= 0.6 is 0 Å². The van der Waals surface area contributed by atoms with Crippen molar-refractivity contribution in [3.8, 4) is 0 Å². The minimum absolute atomic E-state index is 0.174. The first-order chi connectivity index (χ1) is 19.4. The number of aliphatic imine (C=N–C) groups is 4. The first-order valence-corrected chi connectivity index (χ1v) is 14.0. The van der Waals surface area contributed by atoms with Crippen molar-refractivity contribution in [3.05, 3.63) is 149 Å². The predicted molar refractivity (Wildman–Crippen MR) is 159 cm³/mol. The van der Waals surface area contributed by atoms with E-state index in [9.17, 15) is 13.0 Å². The molecule has 2 aromatic rings. The van der Waals surface area contributed by atoms with Crippen LogP contribution in [0.5, 0.6) is 0 Å². The highest BCUT2D eigenvalue weighted by Crippen LogP contribution is 2.40. The molecule has 5 aliphatic rings. The molecule has 7 rings (SSSR count). The average molecular weight is 541 g/mol. The van der Waals surface area contributed by atoms with Crippen LogP contribution in [0.3, 0.4) is 0 Å². The van der Waals surface area contributed by atoms with Crippen LogP contribution in [0.2, 0.25) is 0 Å². The van der Waals surface area contributed by atoms with Crippen LogP contribution in [0, 0.1) is 0 Å². The first-order valence-electron chi connectivity index (χ1n) is 12.5. The maximum atomic E-state index is 11.7. The topological polar surface area (TPSA) is 104 Å². The van der Waals surface area contributed by atoms with E-state index >= 15 is 0 Å². The van der Waals surface area contributed by atoms with Crippen LogP contribution < -0.4 is 0 Å². The monoisotopic (exact) mass is 540 g/mol. The largest absolute Gasteiger partial charge is 0.294 e. The van der Waals surface area contributed by atoms with Crippen LogP contribution in [0.4, 0.5) is 0 Å². The molecule has 0 radical (unpaired) electrons. The molecule has 0 saturated carbocycles. The molecule has 0 unspecified atom stereocenters. The SMILES string of the molecule is O=S(=O)(O)c1ccc(C2=C(c3ccccc3)C3=NC2=CC2=NC(=CC4=NC(=CC5=NC(=C3)C=C5)C=C4)C=C2)cc1. The normalized spacial score (nSPS) is 19.1. The van der Waals surface area contributed by atoms with Gasteiger partial charge in [-0.2, -0.15) is 8.42 Å². The second kappa shape index (κ2) is 9.30. The Morgan fingerprint density at radius 1 is 0.525 bits per heavy atom. The molecule has 1 N–H and O–H groups in total. The molecule has 0 aliphatic carbocycles. The molecule has 0 fully saturated rings. The zero-order valence-corrected chi connectivity index (χ0v) is 21.7. The summed E-state index contributed by atoms with van der Waals surface area (Å²) in [5.74, 6) is 0. The summed E-state index contributed by atoms with van der Waals surface area (Å²) in [5.41, 5.74) is 9.45. The Hall–Kier alpha value is -5.05. The first kappa shape index (κ1) is 24.0. The number of nitrogens with zero attached hydrogens (tertiary/aromatic N) is 4. The van der Waals surface area contributed by atoms with Gasteiger partial charge in [-0.05, 0) is 84.0 Å². The number of allylic oxidation sites excluding steroid dienone is 12. The van der Waals surface area contributed by atoms with E-state index in [0.29, 0.717) is 5.70 Å². The predicted octanol–water partition coefficient (Wildman–Crippen LogP) is 5.88. The van der Waals surface area contributed by atoms with Crippen LogP contribution in [0.1, 0.15) is 11.1 Å². The fourth-order valence-electron chi connectivity index (χ4n) is 4.94. The minimum Gasteiger partial charge on any atom is -0.282 e. The maximum Gasteiger partial charge on any atom is 0.294 e. The van der Waals surface area contributed by atoms with Crippen molar-refractivity contribution in [1.82, 2.24) is 0 Å². The molecule has 7 nitrogen and oxygen atoms in total. The summed E-state index contributed by atoms with van der Waals surface area (Å²) in [5, 5.41) is 0. The van der Waals surface area contributed by atoms with Gasteiger partial charge in [0.05, 0.1) is 50.5 Å². The zero-order valence-electron chi connectivity index (χ0n) is 20.9. The smallest absolute Gasteiger partial charge is 0.282 e. The van der Waals surface area contributed by atoms with Gasteiger partial charge in [0.15, 0.2) is 0 Å². The third-order valence-electron chi connectivity index (χ3n) is 6.72. The van der Waals surface area contributed by atoms with Crippen molar-refractivity contribution in [1.29, 1.82) is 0 Å². The number of hydrogen-bond acceptors (Lipinski definition) is 6. The van der Waals surface area contributed by atoms with Gasteiger partial charge in [0.25, 0.3) is 10.1 Å². The van der Waals surface area contributed by atoms with Gasteiger partial charge in [-0.1, -0.05) is 42.5 Å². The lowest BCUT2D eigenvalue weighted by atomic mass is 9.91. The third kappa shape index (κ3) is 4.55. The van der Waals surface area contributed by atoms with Crippen molar-refractivity contribution in [3.63, 3.8) is 0 Å². The second-order valence-electron chi connectivity index (χ2n) is 9.46. The van der Waals surface area contributed by atoms with Crippen molar-refractivity contribution >= 4 is 44.1 Å². The molecular formula is C32H20N4O3S. The van der Waals surface area contributed by atoms with Crippen molar-refractivity contribution in [2.75, 3.05) is 0 Å². The minimum atomic E-state index is -4.33. The number of fused-ring (bicyclic) bond motifs is 4. The van der Waals surface area contributed by atoms with Crippen molar-refractivity contribution < 1.29 is 13.0 Å². The lowest BCUT2D eigenvalue weighted by molar-refractivity contribution is 0.483. The van der Waals surface area contributed by atoms with Crippen molar-refractivity contribution in [2.45, 2.75) is 4.90 Å². The Morgan fingerprint density at radius 2 is 1.05 bits per heavy atom. The van der Waals surface area contributed by atoms with Crippen LogP contribution in [-0.4, -0.2) is 35.8 Å². The van der Waals surface area contributed by atoms with Crippen LogP contribution in [0.25, 0.3) is 11.1 Å². The number of hydrogen-bond donors (Lipinski definition) is 1. The Morgan fingerprint density at radius 3 is 1.62 bits per heavy atom. The fourth-order valence-corrected chi connectivity index (χ4v) is 5.42. The van der Waals surface area contributed by atoms with Gasteiger partial charge in [-0.15, -0.1) is 0 Å². The van der Waals surface area contributed by atoms with Crippen LogP contribution in [0.15, 0.2) is 163 Å².